The Morgan fingerprint density at radius 2 is 1.64 bits per heavy atom. The van der Waals surface area contributed by atoms with E-state index in [2.05, 4.69) is 13.8 Å². The van der Waals surface area contributed by atoms with E-state index in [9.17, 15) is 0 Å². The molecule has 1 rings (SSSR count). The molecule has 1 aliphatic heterocycles. The van der Waals surface area contributed by atoms with Gasteiger partial charge in [0.25, 0.3) is 0 Å². The summed E-state index contributed by atoms with van der Waals surface area (Å²) in [6.45, 7) is 9.75. The maximum atomic E-state index is 5.86. The highest BCUT2D eigenvalue weighted by Crippen LogP contribution is 2.17. The van der Waals surface area contributed by atoms with Gasteiger partial charge in [0.05, 0.1) is 26.2 Å². The minimum atomic E-state index is 0.486. The third-order valence-corrected chi connectivity index (χ3v) is 3.29. The van der Waals surface area contributed by atoms with Gasteiger partial charge in [-0.1, -0.05) is 0 Å². The van der Waals surface area contributed by atoms with Gasteiger partial charge >= 0.3 is 0 Å². The van der Waals surface area contributed by atoms with E-state index in [1.807, 2.05) is 0 Å². The molecule has 2 nitrogen and oxygen atoms in total. The maximum absolute atomic E-state index is 5.86. The molecule has 0 radical (unpaired) electrons. The zero-order valence-electron chi connectivity index (χ0n) is 7.84. The van der Waals surface area contributed by atoms with Crippen LogP contribution in [0.3, 0.4) is 0 Å². The lowest BCUT2D eigenvalue weighted by Gasteiger charge is -2.41. The fourth-order valence-corrected chi connectivity index (χ4v) is 1.99. The van der Waals surface area contributed by atoms with Gasteiger partial charge in [-0.3, -0.25) is 0 Å². The van der Waals surface area contributed by atoms with Crippen molar-refractivity contribution in [2.75, 3.05) is 26.2 Å². The molecule has 1 saturated heterocycles. The standard InChI is InChI=1S/C9H21N2/c1-3-11(4-2)7-5-9(10)6-8-11/h9H,3-8,10H2,1-2H3/q+1. The number of piperidine rings is 1. The van der Waals surface area contributed by atoms with Crippen molar-refractivity contribution in [3.63, 3.8) is 0 Å². The van der Waals surface area contributed by atoms with Crippen molar-refractivity contribution in [2.24, 2.45) is 5.73 Å². The Hall–Kier alpha value is -0.0800. The van der Waals surface area contributed by atoms with Crippen molar-refractivity contribution in [3.05, 3.63) is 0 Å². The van der Waals surface area contributed by atoms with Crippen molar-refractivity contribution in [1.82, 2.24) is 0 Å². The number of hydrogen-bond donors (Lipinski definition) is 1. The summed E-state index contributed by atoms with van der Waals surface area (Å²) in [6.07, 6.45) is 2.45. The Morgan fingerprint density at radius 1 is 1.18 bits per heavy atom. The summed E-state index contributed by atoms with van der Waals surface area (Å²) in [6, 6.07) is 0.486. The molecule has 0 aliphatic carbocycles. The summed E-state index contributed by atoms with van der Waals surface area (Å²) < 4.78 is 1.30. The van der Waals surface area contributed by atoms with Crippen LogP contribution in [0, 0.1) is 0 Å². The molecule has 0 aromatic heterocycles. The molecule has 0 unspecified atom stereocenters. The predicted octanol–water partition coefficient (Wildman–Crippen LogP) is 0.964. The predicted molar refractivity (Wildman–Crippen MR) is 48.3 cm³/mol. The third kappa shape index (κ3) is 1.94. The van der Waals surface area contributed by atoms with Gasteiger partial charge in [-0.15, -0.1) is 0 Å². The van der Waals surface area contributed by atoms with Crippen molar-refractivity contribution < 1.29 is 4.48 Å². The topological polar surface area (TPSA) is 26.0 Å². The quantitative estimate of drug-likeness (QED) is 0.594. The average molecular weight is 157 g/mol. The van der Waals surface area contributed by atoms with Gasteiger partial charge in [-0.05, 0) is 13.8 Å². The summed E-state index contributed by atoms with van der Waals surface area (Å²) in [5.74, 6) is 0. The molecule has 0 atom stereocenters. The molecular formula is C9H21N2+. The van der Waals surface area contributed by atoms with Gasteiger partial charge in [-0.2, -0.15) is 0 Å². The van der Waals surface area contributed by atoms with E-state index in [-0.39, 0.29) is 0 Å². The molecule has 0 amide bonds. The zero-order valence-corrected chi connectivity index (χ0v) is 7.84. The van der Waals surface area contributed by atoms with E-state index in [1.54, 1.807) is 0 Å². The lowest BCUT2D eigenvalue weighted by atomic mass is 10.0. The average Bonchev–Trinajstić information content (AvgIpc) is 2.07. The fourth-order valence-electron chi connectivity index (χ4n) is 1.99. The Morgan fingerprint density at radius 3 is 2.00 bits per heavy atom. The van der Waals surface area contributed by atoms with Gasteiger partial charge in [0.15, 0.2) is 0 Å². The second kappa shape index (κ2) is 3.55. The van der Waals surface area contributed by atoms with Crippen molar-refractivity contribution in [2.45, 2.75) is 32.7 Å². The highest BCUT2D eigenvalue weighted by molar-refractivity contribution is 4.66. The van der Waals surface area contributed by atoms with Gasteiger partial charge in [0, 0.05) is 18.9 Å². The number of nitrogens with zero attached hydrogens (tertiary/aromatic N) is 1. The van der Waals surface area contributed by atoms with Crippen LogP contribution in [0.4, 0.5) is 0 Å². The Balaban J connectivity index is 2.45. The smallest absolute Gasteiger partial charge is 0.0801 e. The minimum absolute atomic E-state index is 0.486. The van der Waals surface area contributed by atoms with E-state index in [4.69, 9.17) is 5.73 Å². The van der Waals surface area contributed by atoms with Crippen molar-refractivity contribution in [3.8, 4) is 0 Å². The molecule has 2 heteroatoms. The van der Waals surface area contributed by atoms with Crippen LogP contribution in [-0.2, 0) is 0 Å². The fraction of sp³-hybridized carbons (Fsp3) is 1.00. The number of nitrogens with two attached hydrogens (primary N) is 1. The van der Waals surface area contributed by atoms with Crippen LogP contribution in [-0.4, -0.2) is 36.7 Å². The summed E-state index contributed by atoms with van der Waals surface area (Å²) in [5, 5.41) is 0. The van der Waals surface area contributed by atoms with E-state index in [1.165, 1.54) is 43.5 Å². The first-order chi connectivity index (χ1) is 5.22. The molecule has 1 fully saturated rings. The normalized spacial score (nSPS) is 25.4. The first-order valence-electron chi connectivity index (χ1n) is 4.83. The summed E-state index contributed by atoms with van der Waals surface area (Å²) in [7, 11) is 0. The van der Waals surface area contributed by atoms with E-state index >= 15 is 0 Å². The lowest BCUT2D eigenvalue weighted by molar-refractivity contribution is -0.929. The summed E-state index contributed by atoms with van der Waals surface area (Å²) in [5.41, 5.74) is 5.86. The molecule has 1 heterocycles. The highest BCUT2D eigenvalue weighted by atomic mass is 15.3. The van der Waals surface area contributed by atoms with E-state index in [0.717, 1.165) is 0 Å². The zero-order chi connectivity index (χ0) is 8.32. The molecule has 0 saturated carbocycles. The number of rotatable bonds is 2. The SMILES string of the molecule is CC[N+]1(CC)CCC(N)CC1. The molecule has 0 spiro atoms. The Kier molecular flexibility index (Phi) is 2.90. The molecule has 2 N–H and O–H groups in total. The Bertz CT molecular complexity index is 109. The lowest BCUT2D eigenvalue weighted by Crippen LogP contribution is -2.54. The molecule has 0 aromatic carbocycles. The van der Waals surface area contributed by atoms with Gasteiger partial charge in [0.2, 0.25) is 0 Å². The van der Waals surface area contributed by atoms with Gasteiger partial charge < -0.3 is 10.2 Å². The number of likely N-dealkylation sites (tertiary alicyclic amines) is 1. The molecule has 66 valence electrons. The summed E-state index contributed by atoms with van der Waals surface area (Å²) >= 11 is 0. The number of hydrogen-bond acceptors (Lipinski definition) is 1. The monoisotopic (exact) mass is 157 g/mol. The largest absolute Gasteiger partial charge is 0.327 e. The van der Waals surface area contributed by atoms with Crippen LogP contribution in [0.1, 0.15) is 26.7 Å². The van der Waals surface area contributed by atoms with Crippen LogP contribution < -0.4 is 5.73 Å². The highest BCUT2D eigenvalue weighted by Gasteiger charge is 2.28. The van der Waals surface area contributed by atoms with Crippen LogP contribution in [0.5, 0.6) is 0 Å². The van der Waals surface area contributed by atoms with Crippen LogP contribution in [0.25, 0.3) is 0 Å². The maximum Gasteiger partial charge on any atom is 0.0801 e. The first-order valence-corrected chi connectivity index (χ1v) is 4.83. The van der Waals surface area contributed by atoms with E-state index < -0.39 is 0 Å². The van der Waals surface area contributed by atoms with E-state index in [0.29, 0.717) is 6.04 Å². The molecule has 1 aliphatic rings. The third-order valence-electron chi connectivity index (χ3n) is 3.29. The minimum Gasteiger partial charge on any atom is -0.327 e. The van der Waals surface area contributed by atoms with Gasteiger partial charge in [-0.25, -0.2) is 0 Å². The number of quaternary nitrogens is 1. The van der Waals surface area contributed by atoms with Crippen LogP contribution >= 0.6 is 0 Å². The molecule has 0 aromatic rings. The van der Waals surface area contributed by atoms with Crippen LogP contribution in [0.15, 0.2) is 0 Å². The van der Waals surface area contributed by atoms with Crippen LogP contribution in [0.2, 0.25) is 0 Å². The van der Waals surface area contributed by atoms with Crippen molar-refractivity contribution >= 4 is 0 Å². The molecule has 0 bridgehead atoms. The van der Waals surface area contributed by atoms with Crippen molar-refractivity contribution in [1.29, 1.82) is 0 Å². The molecular weight excluding hydrogens is 136 g/mol. The molecule has 11 heavy (non-hydrogen) atoms. The first kappa shape index (κ1) is 9.01. The van der Waals surface area contributed by atoms with Gasteiger partial charge in [0.1, 0.15) is 0 Å². The summed E-state index contributed by atoms with van der Waals surface area (Å²) in [4.78, 5) is 0. The second-order valence-electron chi connectivity index (χ2n) is 3.76. The Labute approximate surface area is 70.0 Å². The second-order valence-corrected chi connectivity index (χ2v) is 3.76.